The summed E-state index contributed by atoms with van der Waals surface area (Å²) in [5.41, 5.74) is 1.22. The van der Waals surface area contributed by atoms with Gasteiger partial charge < -0.3 is 20.1 Å². The van der Waals surface area contributed by atoms with Gasteiger partial charge in [-0.3, -0.25) is 4.79 Å². The van der Waals surface area contributed by atoms with Crippen molar-refractivity contribution in [1.82, 2.24) is 20.2 Å². The number of imidazole rings is 1. The van der Waals surface area contributed by atoms with Gasteiger partial charge in [0.15, 0.2) is 0 Å². The van der Waals surface area contributed by atoms with Crippen molar-refractivity contribution in [2.75, 3.05) is 11.9 Å². The van der Waals surface area contributed by atoms with E-state index in [-0.39, 0.29) is 22.4 Å². The second kappa shape index (κ2) is 7.53. The Morgan fingerprint density at radius 1 is 1.24 bits per heavy atom. The predicted molar refractivity (Wildman–Crippen MR) is 99.0 cm³/mol. The molecule has 0 radical (unpaired) electrons. The fourth-order valence-corrected chi connectivity index (χ4v) is 2.93. The van der Waals surface area contributed by atoms with Crippen molar-refractivity contribution in [2.45, 2.75) is 12.8 Å². The number of nitrogens with zero attached hydrogens (tertiary/aromatic N) is 2. The Kier molecular flexibility index (Phi) is 4.91. The Bertz CT molecular complexity index is 1240. The van der Waals surface area contributed by atoms with Crippen molar-refractivity contribution < 1.29 is 23.0 Å². The third kappa shape index (κ3) is 3.77. The Hall–Kier alpha value is -3.44. The lowest BCUT2D eigenvalue weighted by Gasteiger charge is -2.11. The fraction of sp³-hybridized carbons (Fsp3) is 0.167. The maximum atomic E-state index is 14.4. The number of benzene rings is 2. The Morgan fingerprint density at radius 3 is 2.86 bits per heavy atom. The van der Waals surface area contributed by atoms with Gasteiger partial charge in [-0.1, -0.05) is 12.1 Å². The molecule has 1 atom stereocenters. The molecule has 29 heavy (non-hydrogen) atoms. The summed E-state index contributed by atoms with van der Waals surface area (Å²) < 4.78 is 43.2. The van der Waals surface area contributed by atoms with Crippen LogP contribution >= 0.6 is 0 Å². The topological polar surface area (TPSA) is 116 Å². The number of aliphatic hydroxyl groups is 1. The molecule has 0 aliphatic heterocycles. The fourth-order valence-electron chi connectivity index (χ4n) is 2.93. The number of rotatable bonds is 6. The molecule has 1 unspecified atom stereocenters. The normalized spacial score (nSPS) is 12.7. The number of aromatic nitrogens is 4. The number of aromatic amines is 2. The summed E-state index contributed by atoms with van der Waals surface area (Å²) in [7, 11) is 0. The van der Waals surface area contributed by atoms with Gasteiger partial charge in [0.2, 0.25) is 12.4 Å². The van der Waals surface area contributed by atoms with E-state index in [2.05, 4.69) is 30.2 Å². The number of hydrogen-bond acceptors (Lipinski definition) is 6. The van der Waals surface area contributed by atoms with Crippen LogP contribution in [0.1, 0.15) is 0 Å². The van der Waals surface area contributed by atoms with Gasteiger partial charge in [-0.2, -0.15) is 5.10 Å². The minimum atomic E-state index is -2.72. The van der Waals surface area contributed by atoms with E-state index < -0.39 is 30.8 Å². The number of H-pyrrole nitrogens is 2. The Balaban J connectivity index is 1.69. The second-order valence-electron chi connectivity index (χ2n) is 6.10. The monoisotopic (exact) mass is 405 g/mol. The average Bonchev–Trinajstić information content (AvgIpc) is 3.08. The number of alkyl halides is 2. The lowest BCUT2D eigenvalue weighted by Crippen LogP contribution is -2.25. The molecular formula is C18H14F3N5O3. The van der Waals surface area contributed by atoms with Crippen molar-refractivity contribution >= 4 is 27.8 Å². The molecular weight excluding hydrogens is 391 g/mol. The SMILES string of the molecule is O=c1[nH]nc(-c2ccc3[nH]c(NC(O)OCC(F)F)nc3c2)c2c(F)cccc12. The zero-order valence-corrected chi connectivity index (χ0v) is 14.6. The third-order valence-corrected chi connectivity index (χ3v) is 4.16. The highest BCUT2D eigenvalue weighted by Crippen LogP contribution is 2.29. The summed E-state index contributed by atoms with van der Waals surface area (Å²) in [4.78, 5) is 19.0. The van der Waals surface area contributed by atoms with Crippen LogP contribution < -0.4 is 10.9 Å². The van der Waals surface area contributed by atoms with Gasteiger partial charge >= 0.3 is 0 Å². The molecule has 0 fully saturated rings. The molecule has 2 aromatic carbocycles. The van der Waals surface area contributed by atoms with Crippen LogP contribution in [0.3, 0.4) is 0 Å². The molecule has 0 amide bonds. The van der Waals surface area contributed by atoms with Crippen molar-refractivity contribution in [3.8, 4) is 11.3 Å². The number of hydrogen-bond donors (Lipinski definition) is 4. The zero-order chi connectivity index (χ0) is 20.5. The molecule has 4 rings (SSSR count). The van der Waals surface area contributed by atoms with Crippen LogP contribution in [0.4, 0.5) is 19.1 Å². The molecule has 8 nitrogen and oxygen atoms in total. The Labute approximate surface area is 160 Å². The number of nitrogens with one attached hydrogen (secondary N) is 3. The number of fused-ring (bicyclic) bond motifs is 2. The zero-order valence-electron chi connectivity index (χ0n) is 14.6. The number of ether oxygens (including phenoxy) is 1. The summed E-state index contributed by atoms with van der Waals surface area (Å²) in [6.45, 7) is -0.935. The van der Waals surface area contributed by atoms with Gasteiger partial charge in [0, 0.05) is 5.56 Å². The summed E-state index contributed by atoms with van der Waals surface area (Å²) in [5, 5.41) is 18.5. The largest absolute Gasteiger partial charge is 0.351 e. The van der Waals surface area contributed by atoms with Crippen molar-refractivity contribution in [3.05, 3.63) is 52.6 Å². The van der Waals surface area contributed by atoms with Crippen LogP contribution in [0.15, 0.2) is 41.2 Å². The van der Waals surface area contributed by atoms with E-state index in [4.69, 9.17) is 0 Å². The van der Waals surface area contributed by atoms with Crippen molar-refractivity contribution in [3.63, 3.8) is 0 Å². The highest BCUT2D eigenvalue weighted by Gasteiger charge is 2.15. The summed E-state index contributed by atoms with van der Waals surface area (Å²) >= 11 is 0. The van der Waals surface area contributed by atoms with E-state index in [0.717, 1.165) is 0 Å². The van der Waals surface area contributed by atoms with E-state index in [1.54, 1.807) is 18.2 Å². The van der Waals surface area contributed by atoms with E-state index in [9.17, 15) is 23.1 Å². The molecule has 11 heteroatoms. The quantitative estimate of drug-likeness (QED) is 0.367. The van der Waals surface area contributed by atoms with E-state index in [1.807, 2.05) is 0 Å². The molecule has 2 aromatic heterocycles. The van der Waals surface area contributed by atoms with Crippen LogP contribution in [0.2, 0.25) is 0 Å². The molecule has 4 aromatic rings. The standard InChI is InChI=1S/C18H14F3N5O3/c19-10-3-1-2-9-14(10)15(25-26-16(9)27)8-4-5-11-12(6-8)23-17(22-11)24-18(28)29-7-13(20)21/h1-6,13,18,28H,7H2,(H,26,27)(H2,22,23,24). The predicted octanol–water partition coefficient (Wildman–Crippen LogP) is 2.58. The molecule has 0 spiro atoms. The number of halogens is 3. The highest BCUT2D eigenvalue weighted by atomic mass is 19.3. The lowest BCUT2D eigenvalue weighted by molar-refractivity contribution is -0.111. The summed E-state index contributed by atoms with van der Waals surface area (Å²) in [5.74, 6) is -0.496. The van der Waals surface area contributed by atoms with Gasteiger partial charge in [0.05, 0.1) is 21.8 Å². The van der Waals surface area contributed by atoms with Crippen LogP contribution in [0.5, 0.6) is 0 Å². The van der Waals surface area contributed by atoms with Crippen LogP contribution in [-0.2, 0) is 4.74 Å². The van der Waals surface area contributed by atoms with Crippen molar-refractivity contribution in [2.24, 2.45) is 0 Å². The molecule has 150 valence electrons. The highest BCUT2D eigenvalue weighted by molar-refractivity contribution is 5.96. The molecule has 0 saturated carbocycles. The van der Waals surface area contributed by atoms with Crippen molar-refractivity contribution in [1.29, 1.82) is 0 Å². The van der Waals surface area contributed by atoms with Gasteiger partial charge in [-0.05, 0) is 24.3 Å². The first kappa shape index (κ1) is 18.9. The van der Waals surface area contributed by atoms with Gasteiger partial charge in [-0.25, -0.2) is 23.3 Å². The average molecular weight is 405 g/mol. The molecule has 0 bridgehead atoms. The van der Waals surface area contributed by atoms with Gasteiger partial charge in [0.25, 0.3) is 12.0 Å². The number of aliphatic hydroxyl groups excluding tert-OH is 1. The second-order valence-corrected chi connectivity index (χ2v) is 6.10. The molecule has 0 saturated heterocycles. The first-order chi connectivity index (χ1) is 13.9. The number of anilines is 1. The molecule has 2 heterocycles. The maximum Gasteiger partial charge on any atom is 0.272 e. The maximum absolute atomic E-state index is 14.4. The minimum absolute atomic E-state index is 0.0836. The molecule has 0 aliphatic carbocycles. The van der Waals surface area contributed by atoms with E-state index in [0.29, 0.717) is 16.6 Å². The molecule has 0 aliphatic rings. The third-order valence-electron chi connectivity index (χ3n) is 4.16. The smallest absolute Gasteiger partial charge is 0.272 e. The van der Waals surface area contributed by atoms with Crippen LogP contribution in [-0.4, -0.2) is 44.7 Å². The van der Waals surface area contributed by atoms with Crippen LogP contribution in [0, 0.1) is 5.82 Å². The lowest BCUT2D eigenvalue weighted by atomic mass is 10.0. The van der Waals surface area contributed by atoms with Gasteiger partial charge in [0.1, 0.15) is 18.1 Å². The van der Waals surface area contributed by atoms with Crippen LogP contribution in [0.25, 0.3) is 33.1 Å². The van der Waals surface area contributed by atoms with E-state index in [1.165, 1.54) is 18.2 Å². The minimum Gasteiger partial charge on any atom is -0.351 e. The van der Waals surface area contributed by atoms with E-state index >= 15 is 0 Å². The molecule has 4 N–H and O–H groups in total. The first-order valence-corrected chi connectivity index (χ1v) is 8.44. The summed E-state index contributed by atoms with van der Waals surface area (Å²) in [6, 6.07) is 9.08. The Morgan fingerprint density at radius 2 is 2.07 bits per heavy atom. The van der Waals surface area contributed by atoms with Gasteiger partial charge in [-0.15, -0.1) is 0 Å². The summed E-state index contributed by atoms with van der Waals surface area (Å²) in [6.07, 6.45) is -4.40. The first-order valence-electron chi connectivity index (χ1n) is 8.44.